The molecular formula is C29H33NO11. The van der Waals surface area contributed by atoms with E-state index in [0.29, 0.717) is 0 Å². The summed E-state index contributed by atoms with van der Waals surface area (Å²) in [6.07, 6.45) is -3.43. The number of fused-ring (bicyclic) bond motifs is 3. The van der Waals surface area contributed by atoms with E-state index in [4.69, 9.17) is 14.2 Å². The van der Waals surface area contributed by atoms with Crippen LogP contribution in [0.25, 0.3) is 0 Å². The van der Waals surface area contributed by atoms with Gasteiger partial charge < -0.3 is 44.6 Å². The molecule has 0 amide bonds. The number of hydrogen-bond acceptors (Lipinski definition) is 12. The van der Waals surface area contributed by atoms with Gasteiger partial charge in [-0.05, 0) is 51.7 Å². The van der Waals surface area contributed by atoms with Gasteiger partial charge in [0.1, 0.15) is 23.2 Å². The van der Waals surface area contributed by atoms with Crippen molar-refractivity contribution in [3.63, 3.8) is 0 Å². The van der Waals surface area contributed by atoms with E-state index in [9.17, 15) is 39.9 Å². The van der Waals surface area contributed by atoms with Crippen LogP contribution < -0.4 is 0 Å². The highest BCUT2D eigenvalue weighted by Gasteiger charge is 2.52. The molecular weight excluding hydrogens is 538 g/mol. The van der Waals surface area contributed by atoms with Gasteiger partial charge in [-0.2, -0.15) is 0 Å². The molecule has 12 heteroatoms. The van der Waals surface area contributed by atoms with E-state index >= 15 is 0 Å². The van der Waals surface area contributed by atoms with Crippen molar-refractivity contribution >= 4 is 17.5 Å². The average molecular weight is 572 g/mol. The number of phenols is 3. The molecule has 0 aromatic heterocycles. The van der Waals surface area contributed by atoms with E-state index in [1.54, 1.807) is 21.0 Å². The molecule has 0 radical (unpaired) electrons. The van der Waals surface area contributed by atoms with Crippen molar-refractivity contribution in [2.24, 2.45) is 0 Å². The van der Waals surface area contributed by atoms with Crippen molar-refractivity contribution in [1.82, 2.24) is 4.90 Å². The van der Waals surface area contributed by atoms with Crippen molar-refractivity contribution in [2.45, 2.75) is 68.9 Å². The Morgan fingerprint density at radius 3 is 2.27 bits per heavy atom. The van der Waals surface area contributed by atoms with E-state index in [-0.39, 0.29) is 35.6 Å². The van der Waals surface area contributed by atoms with Crippen LogP contribution >= 0.6 is 0 Å². The predicted octanol–water partition coefficient (Wildman–Crippen LogP) is 1.47. The van der Waals surface area contributed by atoms with Crippen LogP contribution in [0.2, 0.25) is 0 Å². The Bertz CT molecular complexity index is 1450. The Kier molecular flexibility index (Phi) is 7.11. The molecule has 3 aliphatic rings. The summed E-state index contributed by atoms with van der Waals surface area (Å²) in [4.78, 5) is 42.0. The molecule has 0 bridgehead atoms. The summed E-state index contributed by atoms with van der Waals surface area (Å²) >= 11 is 0. The number of hydrogen-bond donors (Lipinski definition) is 5. The number of carbonyl (C=O) groups excluding carboxylic acids is 3. The summed E-state index contributed by atoms with van der Waals surface area (Å²) in [5.74, 6) is -5.75. The van der Waals surface area contributed by atoms with Crippen molar-refractivity contribution in [2.75, 3.05) is 21.2 Å². The Labute approximate surface area is 235 Å². The third kappa shape index (κ3) is 4.46. The highest BCUT2D eigenvalue weighted by molar-refractivity contribution is 6.31. The molecule has 2 aromatic rings. The highest BCUT2D eigenvalue weighted by atomic mass is 16.7. The molecule has 7 atom stereocenters. The topological polar surface area (TPSA) is 183 Å². The smallest absolute Gasteiger partial charge is 0.316 e. The van der Waals surface area contributed by atoms with E-state index in [0.717, 1.165) is 19.2 Å². The molecule has 0 saturated carbocycles. The van der Waals surface area contributed by atoms with Gasteiger partial charge >= 0.3 is 5.97 Å². The maximum Gasteiger partial charge on any atom is 0.316 e. The highest BCUT2D eigenvalue weighted by Crippen LogP contribution is 2.53. The maximum atomic E-state index is 13.6. The van der Waals surface area contributed by atoms with Gasteiger partial charge in [0.15, 0.2) is 12.1 Å². The van der Waals surface area contributed by atoms with Crippen LogP contribution in [0.1, 0.15) is 81.7 Å². The minimum Gasteiger partial charge on any atom is -0.507 e. The van der Waals surface area contributed by atoms with Crippen LogP contribution in [-0.2, 0) is 19.0 Å². The van der Waals surface area contributed by atoms with Crippen molar-refractivity contribution in [3.8, 4) is 17.2 Å². The summed E-state index contributed by atoms with van der Waals surface area (Å²) in [6.45, 7) is 3.08. The fraction of sp³-hybridized carbons (Fsp3) is 0.483. The summed E-state index contributed by atoms with van der Waals surface area (Å²) in [5, 5.41) is 54.5. The van der Waals surface area contributed by atoms with Gasteiger partial charge in [0.05, 0.1) is 47.7 Å². The number of rotatable bonds is 4. The third-order valence-corrected chi connectivity index (χ3v) is 8.40. The van der Waals surface area contributed by atoms with Gasteiger partial charge in [0.25, 0.3) is 0 Å². The summed E-state index contributed by atoms with van der Waals surface area (Å²) in [5.41, 5.74) is -3.44. The molecule has 0 spiro atoms. The van der Waals surface area contributed by atoms with Gasteiger partial charge in [0.2, 0.25) is 5.78 Å². The number of nitrogens with zero attached hydrogens (tertiary/aromatic N) is 1. The zero-order chi connectivity index (χ0) is 30.1. The molecule has 1 fully saturated rings. The predicted molar refractivity (Wildman–Crippen MR) is 141 cm³/mol. The van der Waals surface area contributed by atoms with Crippen LogP contribution in [0.5, 0.6) is 17.2 Å². The third-order valence-electron chi connectivity index (χ3n) is 8.40. The SMILES string of the molecule is COC(=O)[C@@H]1c2cc3c(c(O)c2[C@@H](O[C@H]2C[C@H](N(C)C)[C@H](O)[C@H](C)O2)C[C@]1(C)O)C(=O)c1c(O)ccc(O)c1C3=O. The number of aliphatic hydroxyl groups is 2. The minimum atomic E-state index is -1.79. The molecule has 2 aromatic carbocycles. The first-order chi connectivity index (χ1) is 19.2. The Hall–Kier alpha value is -3.55. The first-order valence-corrected chi connectivity index (χ1v) is 13.2. The summed E-state index contributed by atoms with van der Waals surface area (Å²) in [7, 11) is 4.74. The van der Waals surface area contributed by atoms with E-state index in [1.807, 2.05) is 4.90 Å². The van der Waals surface area contributed by atoms with E-state index in [2.05, 4.69) is 0 Å². The Morgan fingerprint density at radius 2 is 1.68 bits per heavy atom. The first kappa shape index (κ1) is 29.0. The molecule has 1 aliphatic heterocycles. The summed E-state index contributed by atoms with van der Waals surface area (Å²) < 4.78 is 17.1. The van der Waals surface area contributed by atoms with Gasteiger partial charge in [-0.3, -0.25) is 14.4 Å². The van der Waals surface area contributed by atoms with Crippen molar-refractivity contribution in [1.29, 1.82) is 0 Å². The van der Waals surface area contributed by atoms with Crippen LogP contribution in [0, 0.1) is 0 Å². The van der Waals surface area contributed by atoms with E-state index in [1.165, 1.54) is 13.0 Å². The van der Waals surface area contributed by atoms with Crippen LogP contribution in [-0.4, -0.2) is 99.3 Å². The minimum absolute atomic E-state index is 0.00615. The second kappa shape index (κ2) is 10.1. The van der Waals surface area contributed by atoms with Gasteiger partial charge in [-0.1, -0.05) is 0 Å². The van der Waals surface area contributed by atoms with Gasteiger partial charge in [0, 0.05) is 30.0 Å². The number of phenolic OH excluding ortho intramolecular Hbond substituents is 3. The summed E-state index contributed by atoms with van der Waals surface area (Å²) in [6, 6.07) is 3.02. The number of ether oxygens (including phenoxy) is 3. The number of methoxy groups -OCH3 is 1. The molecule has 5 rings (SSSR count). The maximum absolute atomic E-state index is 13.6. The number of carbonyl (C=O) groups is 3. The molecule has 220 valence electrons. The molecule has 2 aliphatic carbocycles. The molecule has 5 N–H and O–H groups in total. The van der Waals surface area contributed by atoms with Crippen molar-refractivity contribution < 1.29 is 54.1 Å². The second-order valence-corrected chi connectivity index (χ2v) is 11.3. The molecule has 41 heavy (non-hydrogen) atoms. The molecule has 1 saturated heterocycles. The van der Waals surface area contributed by atoms with Crippen LogP contribution in [0.3, 0.4) is 0 Å². The lowest BCUT2D eigenvalue weighted by Crippen LogP contribution is -2.54. The van der Waals surface area contributed by atoms with Crippen LogP contribution in [0.15, 0.2) is 18.2 Å². The molecule has 1 heterocycles. The van der Waals surface area contributed by atoms with Crippen LogP contribution in [0.4, 0.5) is 0 Å². The number of benzene rings is 2. The Balaban J connectivity index is 1.68. The lowest BCUT2D eigenvalue weighted by Gasteiger charge is -2.45. The van der Waals surface area contributed by atoms with Crippen molar-refractivity contribution in [3.05, 3.63) is 51.6 Å². The first-order valence-electron chi connectivity index (χ1n) is 13.2. The average Bonchev–Trinajstić information content (AvgIpc) is 2.89. The largest absolute Gasteiger partial charge is 0.507 e. The quantitative estimate of drug-likeness (QED) is 0.225. The monoisotopic (exact) mass is 571 g/mol. The Morgan fingerprint density at radius 1 is 1.07 bits per heavy atom. The van der Waals surface area contributed by atoms with Gasteiger partial charge in [-0.25, -0.2) is 0 Å². The molecule has 12 nitrogen and oxygen atoms in total. The number of aliphatic hydroxyl groups excluding tert-OH is 1. The van der Waals surface area contributed by atoms with Gasteiger partial charge in [-0.15, -0.1) is 0 Å². The number of likely N-dealkylation sites (N-methyl/N-ethyl adjacent to an activating group) is 1. The molecule has 0 unspecified atom stereocenters. The standard InChI is InChI=1S/C29H33NO11/c1-11-24(33)14(30(3)4)9-18(40-11)41-17-10-29(2,38)23(28(37)39-5)12-8-13-20(26(35)19(12)17)27(36)22-16(32)7-6-15(31)21(22)25(13)34/h6-8,11,14,17-18,23-24,31-33,35,38H,9-10H2,1-5H3/t11-,14-,17-,18-,23-,24+,29-/m0/s1. The fourth-order valence-corrected chi connectivity index (χ4v) is 6.35. The zero-order valence-corrected chi connectivity index (χ0v) is 23.2. The normalized spacial score (nSPS) is 30.9. The fourth-order valence-electron chi connectivity index (χ4n) is 6.35. The zero-order valence-electron chi connectivity index (χ0n) is 23.2. The second-order valence-electron chi connectivity index (χ2n) is 11.3. The number of aromatic hydroxyl groups is 3. The lowest BCUT2D eigenvalue weighted by atomic mass is 9.68. The number of ketones is 2. The van der Waals surface area contributed by atoms with E-state index < -0.39 is 87.6 Å². The lowest BCUT2D eigenvalue weighted by molar-refractivity contribution is -0.257. The number of esters is 1.